The zero-order chi connectivity index (χ0) is 16.8. The average Bonchev–Trinajstić information content (AvgIpc) is 2.67. The maximum atomic E-state index is 9.32. The fraction of sp³-hybridized carbons (Fsp3) is 0.105. The number of rotatable bonds is 5. The van der Waals surface area contributed by atoms with Gasteiger partial charge in [-0.1, -0.05) is 0 Å². The second-order valence-corrected chi connectivity index (χ2v) is 6.00. The van der Waals surface area contributed by atoms with E-state index in [-0.39, 0.29) is 0 Å². The number of nitrogens with zero attached hydrogens (tertiary/aromatic N) is 3. The minimum Gasteiger partial charge on any atom is -0.497 e. The van der Waals surface area contributed by atoms with E-state index in [1.54, 1.807) is 31.3 Å². The summed E-state index contributed by atoms with van der Waals surface area (Å²) in [6.45, 7) is 0. The van der Waals surface area contributed by atoms with Crippen molar-refractivity contribution in [2.75, 3.05) is 7.11 Å². The Bertz CT molecular complexity index is 858. The second kappa shape index (κ2) is 7.62. The van der Waals surface area contributed by atoms with E-state index in [2.05, 4.69) is 16.0 Å². The van der Waals surface area contributed by atoms with Crippen LogP contribution in [0.4, 0.5) is 0 Å². The number of aromatic nitrogens is 2. The van der Waals surface area contributed by atoms with Crippen LogP contribution >= 0.6 is 11.8 Å². The maximum absolute atomic E-state index is 9.32. The Morgan fingerprint density at radius 1 is 1.04 bits per heavy atom. The molecule has 0 radical (unpaired) electrons. The smallest absolute Gasteiger partial charge is 0.118 e. The van der Waals surface area contributed by atoms with Crippen molar-refractivity contribution in [2.45, 2.75) is 10.8 Å². The molecule has 0 unspecified atom stereocenters. The number of methoxy groups -OCH3 is 1. The van der Waals surface area contributed by atoms with Gasteiger partial charge in [0.1, 0.15) is 16.8 Å². The van der Waals surface area contributed by atoms with Crippen LogP contribution in [0.1, 0.15) is 11.1 Å². The predicted molar refractivity (Wildman–Crippen MR) is 94.7 cm³/mol. The van der Waals surface area contributed by atoms with Crippen LogP contribution in [0.25, 0.3) is 11.3 Å². The summed E-state index contributed by atoms with van der Waals surface area (Å²) >= 11 is 1.56. The van der Waals surface area contributed by atoms with Crippen LogP contribution in [0.15, 0.2) is 66.0 Å². The van der Waals surface area contributed by atoms with Crippen LogP contribution in [0, 0.1) is 11.3 Å². The molecule has 0 saturated heterocycles. The van der Waals surface area contributed by atoms with Crippen molar-refractivity contribution in [3.8, 4) is 23.1 Å². The summed E-state index contributed by atoms with van der Waals surface area (Å²) in [5, 5.41) is 10.1. The summed E-state index contributed by atoms with van der Waals surface area (Å²) in [6.07, 6.45) is 3.53. The molecule has 3 aromatic rings. The summed E-state index contributed by atoms with van der Waals surface area (Å²) in [7, 11) is 1.64. The van der Waals surface area contributed by atoms with Crippen molar-refractivity contribution in [1.29, 1.82) is 5.26 Å². The molecule has 3 rings (SSSR count). The molecule has 0 N–H and O–H groups in total. The molecule has 24 heavy (non-hydrogen) atoms. The summed E-state index contributed by atoms with van der Waals surface area (Å²) in [6, 6.07) is 17.6. The van der Waals surface area contributed by atoms with Gasteiger partial charge in [0, 0.05) is 23.7 Å². The fourth-order valence-corrected chi connectivity index (χ4v) is 3.12. The molecule has 118 valence electrons. The first-order valence-corrected chi connectivity index (χ1v) is 8.36. The topological polar surface area (TPSA) is 58.8 Å². The molecule has 0 fully saturated rings. The van der Waals surface area contributed by atoms with Gasteiger partial charge in [-0.05, 0) is 54.1 Å². The Hall–Kier alpha value is -2.84. The third-order valence-electron chi connectivity index (χ3n) is 3.49. The highest BCUT2D eigenvalue weighted by molar-refractivity contribution is 7.98. The lowest BCUT2D eigenvalue weighted by atomic mass is 10.1. The zero-order valence-electron chi connectivity index (χ0n) is 13.1. The second-order valence-electron chi connectivity index (χ2n) is 5.03. The van der Waals surface area contributed by atoms with E-state index >= 15 is 0 Å². The van der Waals surface area contributed by atoms with Gasteiger partial charge in [0.05, 0.1) is 18.4 Å². The summed E-state index contributed by atoms with van der Waals surface area (Å²) in [5.74, 6) is 1.55. The van der Waals surface area contributed by atoms with Crippen molar-refractivity contribution in [2.24, 2.45) is 0 Å². The van der Waals surface area contributed by atoms with Crippen molar-refractivity contribution in [3.05, 3.63) is 72.1 Å². The third-order valence-corrected chi connectivity index (χ3v) is 4.55. The first kappa shape index (κ1) is 16.0. The zero-order valence-corrected chi connectivity index (χ0v) is 14.0. The summed E-state index contributed by atoms with van der Waals surface area (Å²) in [4.78, 5) is 8.68. The van der Waals surface area contributed by atoms with Crippen LogP contribution in [0.5, 0.6) is 5.75 Å². The first-order valence-electron chi connectivity index (χ1n) is 7.37. The molecule has 0 amide bonds. The van der Waals surface area contributed by atoms with Gasteiger partial charge in [-0.25, -0.2) is 4.98 Å². The number of pyridine rings is 2. The average molecular weight is 333 g/mol. The highest BCUT2D eigenvalue weighted by Gasteiger charge is 2.08. The van der Waals surface area contributed by atoms with Crippen molar-refractivity contribution in [1.82, 2.24) is 9.97 Å². The molecular formula is C19H15N3OS. The van der Waals surface area contributed by atoms with Gasteiger partial charge in [-0.2, -0.15) is 5.26 Å². The van der Waals surface area contributed by atoms with E-state index in [0.717, 1.165) is 33.3 Å². The Morgan fingerprint density at radius 3 is 2.46 bits per heavy atom. The predicted octanol–water partition coefficient (Wildman–Crippen LogP) is 4.32. The molecule has 0 aliphatic heterocycles. The third kappa shape index (κ3) is 3.73. The van der Waals surface area contributed by atoms with E-state index < -0.39 is 0 Å². The van der Waals surface area contributed by atoms with Gasteiger partial charge in [-0.3, -0.25) is 4.98 Å². The number of hydrogen-bond donors (Lipinski definition) is 0. The molecule has 4 nitrogen and oxygen atoms in total. The van der Waals surface area contributed by atoms with Gasteiger partial charge < -0.3 is 4.74 Å². The number of ether oxygens (including phenoxy) is 1. The number of nitriles is 1. The number of benzene rings is 1. The summed E-state index contributed by atoms with van der Waals surface area (Å²) < 4.78 is 5.18. The minimum atomic E-state index is 0.589. The lowest BCUT2D eigenvalue weighted by Crippen LogP contribution is -1.92. The molecular weight excluding hydrogens is 318 g/mol. The fourth-order valence-electron chi connectivity index (χ4n) is 2.19. The largest absolute Gasteiger partial charge is 0.497 e. The maximum Gasteiger partial charge on any atom is 0.118 e. The van der Waals surface area contributed by atoms with Gasteiger partial charge in [0.15, 0.2) is 0 Å². The van der Waals surface area contributed by atoms with Crippen LogP contribution < -0.4 is 4.74 Å². The molecule has 2 aromatic heterocycles. The Balaban J connectivity index is 1.86. The van der Waals surface area contributed by atoms with Crippen molar-refractivity contribution >= 4 is 11.8 Å². The molecule has 1 aromatic carbocycles. The molecule has 0 bridgehead atoms. The SMILES string of the molecule is COc1ccc(-c2ccc(C#N)c(SCc3ccncc3)n2)cc1. The molecule has 0 saturated carbocycles. The van der Waals surface area contributed by atoms with Crippen LogP contribution in [0.2, 0.25) is 0 Å². The van der Waals surface area contributed by atoms with E-state index in [4.69, 9.17) is 4.74 Å². The van der Waals surface area contributed by atoms with Gasteiger partial charge in [0.25, 0.3) is 0 Å². The number of thioether (sulfide) groups is 1. The van der Waals surface area contributed by atoms with Gasteiger partial charge >= 0.3 is 0 Å². The van der Waals surface area contributed by atoms with Gasteiger partial charge in [-0.15, -0.1) is 11.8 Å². The lowest BCUT2D eigenvalue weighted by molar-refractivity contribution is 0.415. The molecule has 0 atom stereocenters. The van der Waals surface area contributed by atoms with Gasteiger partial charge in [0.2, 0.25) is 0 Å². The van der Waals surface area contributed by atoms with Crippen LogP contribution in [0.3, 0.4) is 0 Å². The Kier molecular flexibility index (Phi) is 5.09. The van der Waals surface area contributed by atoms with Crippen LogP contribution in [-0.4, -0.2) is 17.1 Å². The van der Waals surface area contributed by atoms with E-state index in [0.29, 0.717) is 5.56 Å². The first-order chi connectivity index (χ1) is 11.8. The normalized spacial score (nSPS) is 10.2. The molecule has 5 heteroatoms. The highest BCUT2D eigenvalue weighted by atomic mass is 32.2. The molecule has 0 aliphatic rings. The monoisotopic (exact) mass is 333 g/mol. The molecule has 2 heterocycles. The Labute approximate surface area is 145 Å². The standard InChI is InChI=1S/C19H15N3OS/c1-23-17-5-2-15(3-6-17)18-7-4-16(12-20)19(22-18)24-13-14-8-10-21-11-9-14/h2-11H,13H2,1H3. The summed E-state index contributed by atoms with van der Waals surface area (Å²) in [5.41, 5.74) is 3.57. The van der Waals surface area contributed by atoms with E-state index in [9.17, 15) is 5.26 Å². The van der Waals surface area contributed by atoms with E-state index in [1.165, 1.54) is 0 Å². The molecule has 0 spiro atoms. The van der Waals surface area contributed by atoms with E-state index in [1.807, 2.05) is 48.5 Å². The Morgan fingerprint density at radius 2 is 1.79 bits per heavy atom. The van der Waals surface area contributed by atoms with Crippen LogP contribution in [-0.2, 0) is 5.75 Å². The lowest BCUT2D eigenvalue weighted by Gasteiger charge is -2.07. The van der Waals surface area contributed by atoms with Crippen molar-refractivity contribution < 1.29 is 4.74 Å². The van der Waals surface area contributed by atoms with Crippen molar-refractivity contribution in [3.63, 3.8) is 0 Å². The minimum absolute atomic E-state index is 0.589. The quantitative estimate of drug-likeness (QED) is 0.651. The molecule has 0 aliphatic carbocycles. The highest BCUT2D eigenvalue weighted by Crippen LogP contribution is 2.28. The number of hydrogen-bond acceptors (Lipinski definition) is 5.